The van der Waals surface area contributed by atoms with Gasteiger partial charge in [0.2, 0.25) is 5.91 Å². The molecular weight excluding hydrogens is 356 g/mol. The smallest absolute Gasteiger partial charge is 0.269 e. The number of aryl methyl sites for hydroxylation is 1. The van der Waals surface area contributed by atoms with Crippen LogP contribution in [0.15, 0.2) is 65.8 Å². The number of rotatable bonds is 6. The maximum absolute atomic E-state index is 12.0. The molecule has 0 saturated heterocycles. The molecule has 0 unspecified atom stereocenters. The summed E-state index contributed by atoms with van der Waals surface area (Å²) in [6.07, 6.45) is 1.72. The van der Waals surface area contributed by atoms with Crippen molar-refractivity contribution in [2.24, 2.45) is 5.10 Å². The fourth-order valence-corrected chi connectivity index (χ4v) is 3.03. The molecule has 0 bridgehead atoms. The third kappa shape index (κ3) is 4.32. The van der Waals surface area contributed by atoms with Gasteiger partial charge in [-0.3, -0.25) is 14.9 Å². The fraction of sp³-hybridized carbons (Fsp3) is 0.143. The summed E-state index contributed by atoms with van der Waals surface area (Å²) in [6.45, 7) is 4.02. The molecule has 0 aliphatic heterocycles. The fourth-order valence-electron chi connectivity index (χ4n) is 3.03. The number of nitrogens with zero attached hydrogens (tertiary/aromatic N) is 3. The number of carbonyl (C=O) groups is 1. The molecule has 7 nitrogen and oxygen atoms in total. The molecule has 0 radical (unpaired) electrons. The summed E-state index contributed by atoms with van der Waals surface area (Å²) in [5.41, 5.74) is 7.26. The van der Waals surface area contributed by atoms with Crippen LogP contribution in [0.2, 0.25) is 0 Å². The number of nitrogens with one attached hydrogen (secondary N) is 1. The minimum Gasteiger partial charge on any atom is -0.318 e. The van der Waals surface area contributed by atoms with Crippen molar-refractivity contribution in [1.29, 1.82) is 0 Å². The second-order valence-electron chi connectivity index (χ2n) is 6.39. The maximum atomic E-state index is 12.0. The van der Waals surface area contributed by atoms with Gasteiger partial charge in [-0.05, 0) is 37.6 Å². The maximum Gasteiger partial charge on any atom is 0.269 e. The van der Waals surface area contributed by atoms with E-state index in [4.69, 9.17) is 0 Å². The molecule has 2 aromatic carbocycles. The molecule has 3 rings (SSSR count). The number of nitro groups is 1. The lowest BCUT2D eigenvalue weighted by Crippen LogP contribution is -2.19. The van der Waals surface area contributed by atoms with Crippen molar-refractivity contribution in [2.45, 2.75) is 20.3 Å². The zero-order chi connectivity index (χ0) is 20.1. The van der Waals surface area contributed by atoms with Crippen LogP contribution in [0.25, 0.3) is 5.69 Å². The van der Waals surface area contributed by atoms with E-state index in [1.165, 1.54) is 12.1 Å². The van der Waals surface area contributed by atoms with Gasteiger partial charge in [-0.1, -0.05) is 30.3 Å². The molecule has 0 spiro atoms. The number of hydrogen-bond acceptors (Lipinski definition) is 4. The van der Waals surface area contributed by atoms with Gasteiger partial charge in [0.25, 0.3) is 5.69 Å². The predicted octanol–water partition coefficient (Wildman–Crippen LogP) is 3.70. The summed E-state index contributed by atoms with van der Waals surface area (Å²) in [7, 11) is 0. The van der Waals surface area contributed by atoms with Crippen LogP contribution in [0.1, 0.15) is 22.5 Å². The number of aromatic nitrogens is 1. The van der Waals surface area contributed by atoms with Crippen LogP contribution in [-0.2, 0) is 11.2 Å². The number of nitro benzene ring substituents is 1. The van der Waals surface area contributed by atoms with E-state index in [1.807, 2.05) is 50.2 Å². The van der Waals surface area contributed by atoms with Gasteiger partial charge in [-0.15, -0.1) is 0 Å². The number of para-hydroxylation sites is 1. The molecule has 0 aliphatic carbocycles. The van der Waals surface area contributed by atoms with Crippen LogP contribution in [-0.4, -0.2) is 21.6 Å². The molecule has 0 saturated carbocycles. The van der Waals surface area contributed by atoms with E-state index in [-0.39, 0.29) is 18.0 Å². The van der Waals surface area contributed by atoms with Crippen LogP contribution >= 0.6 is 0 Å². The number of benzene rings is 2. The van der Waals surface area contributed by atoms with E-state index < -0.39 is 4.92 Å². The monoisotopic (exact) mass is 376 g/mol. The molecule has 1 aromatic heterocycles. The molecular formula is C21H20N4O3. The van der Waals surface area contributed by atoms with Gasteiger partial charge in [-0.2, -0.15) is 5.10 Å². The van der Waals surface area contributed by atoms with Crippen molar-refractivity contribution in [2.75, 3.05) is 0 Å². The van der Waals surface area contributed by atoms with Crippen molar-refractivity contribution >= 4 is 17.8 Å². The van der Waals surface area contributed by atoms with Crippen molar-refractivity contribution in [3.63, 3.8) is 0 Å². The van der Waals surface area contributed by atoms with Crippen molar-refractivity contribution in [3.8, 4) is 5.69 Å². The minimum atomic E-state index is -0.472. The molecule has 0 fully saturated rings. The lowest BCUT2D eigenvalue weighted by molar-refractivity contribution is -0.384. The topological polar surface area (TPSA) is 89.5 Å². The number of carbonyl (C=O) groups excluding carboxylic acids is 1. The molecule has 142 valence electrons. The SMILES string of the molecule is Cc1cc(/C=N\NC(=O)Cc2ccc([N+](=O)[O-])cc2)c(C)n1-c1ccccc1. The highest BCUT2D eigenvalue weighted by molar-refractivity contribution is 5.84. The Hall–Kier alpha value is -3.74. The summed E-state index contributed by atoms with van der Waals surface area (Å²) in [5.74, 6) is -0.290. The Bertz CT molecular complexity index is 1020. The normalized spacial score (nSPS) is 10.9. The molecule has 28 heavy (non-hydrogen) atoms. The lowest BCUT2D eigenvalue weighted by atomic mass is 10.1. The van der Waals surface area contributed by atoms with Gasteiger partial charge in [0.15, 0.2) is 0 Å². The van der Waals surface area contributed by atoms with Crippen LogP contribution in [0.3, 0.4) is 0 Å². The van der Waals surface area contributed by atoms with Crippen molar-refractivity contribution in [1.82, 2.24) is 9.99 Å². The Balaban J connectivity index is 1.64. The molecule has 1 heterocycles. The van der Waals surface area contributed by atoms with Crippen LogP contribution < -0.4 is 5.43 Å². The first-order valence-electron chi connectivity index (χ1n) is 8.75. The average Bonchev–Trinajstić information content (AvgIpc) is 2.96. The molecule has 1 amide bonds. The van der Waals surface area contributed by atoms with Gasteiger partial charge < -0.3 is 4.57 Å². The first-order valence-corrected chi connectivity index (χ1v) is 8.75. The summed E-state index contributed by atoms with van der Waals surface area (Å²) in [5, 5.41) is 14.7. The zero-order valence-corrected chi connectivity index (χ0v) is 15.6. The summed E-state index contributed by atoms with van der Waals surface area (Å²) in [6, 6.07) is 17.9. The van der Waals surface area contributed by atoms with Crippen molar-refractivity contribution in [3.05, 3.63) is 93.3 Å². The van der Waals surface area contributed by atoms with Crippen molar-refractivity contribution < 1.29 is 9.72 Å². The minimum absolute atomic E-state index is 0.00375. The van der Waals surface area contributed by atoms with E-state index in [2.05, 4.69) is 15.1 Å². The third-order valence-corrected chi connectivity index (χ3v) is 4.39. The van der Waals surface area contributed by atoms with Gasteiger partial charge in [0.05, 0.1) is 17.6 Å². The van der Waals surface area contributed by atoms with E-state index >= 15 is 0 Å². The number of hydrogen-bond donors (Lipinski definition) is 1. The van der Waals surface area contributed by atoms with Crippen LogP contribution in [0.4, 0.5) is 5.69 Å². The van der Waals surface area contributed by atoms with Gasteiger partial charge in [0, 0.05) is 34.8 Å². The quantitative estimate of drug-likeness (QED) is 0.404. The summed E-state index contributed by atoms with van der Waals surface area (Å²) in [4.78, 5) is 22.2. The van der Waals surface area contributed by atoms with E-state index in [9.17, 15) is 14.9 Å². The van der Waals surface area contributed by atoms with Gasteiger partial charge in [-0.25, -0.2) is 5.43 Å². The summed E-state index contributed by atoms with van der Waals surface area (Å²) < 4.78 is 2.13. The Kier molecular flexibility index (Phi) is 5.64. The largest absolute Gasteiger partial charge is 0.318 e. The Labute approximate surface area is 162 Å². The van der Waals surface area contributed by atoms with Gasteiger partial charge in [0.1, 0.15) is 0 Å². The Morgan fingerprint density at radius 3 is 2.46 bits per heavy atom. The molecule has 3 aromatic rings. The Morgan fingerprint density at radius 2 is 1.82 bits per heavy atom. The second kappa shape index (κ2) is 8.30. The van der Waals surface area contributed by atoms with Crippen LogP contribution in [0.5, 0.6) is 0 Å². The number of hydrazone groups is 1. The third-order valence-electron chi connectivity index (χ3n) is 4.39. The summed E-state index contributed by atoms with van der Waals surface area (Å²) >= 11 is 0. The highest BCUT2D eigenvalue weighted by Gasteiger charge is 2.10. The van der Waals surface area contributed by atoms with E-state index in [1.54, 1.807) is 18.3 Å². The zero-order valence-electron chi connectivity index (χ0n) is 15.6. The van der Waals surface area contributed by atoms with E-state index in [0.29, 0.717) is 5.56 Å². The number of amides is 1. The lowest BCUT2D eigenvalue weighted by Gasteiger charge is -2.08. The Morgan fingerprint density at radius 1 is 1.14 bits per heavy atom. The van der Waals surface area contributed by atoms with E-state index in [0.717, 1.165) is 22.6 Å². The predicted molar refractivity (Wildman–Crippen MR) is 108 cm³/mol. The molecule has 0 atom stereocenters. The molecule has 7 heteroatoms. The number of non-ortho nitro benzene ring substituents is 1. The standard InChI is InChI=1S/C21H20N4O3/c1-15-12-18(16(2)24(15)19-6-4-3-5-7-19)14-22-23-21(26)13-17-8-10-20(11-9-17)25(27)28/h3-12,14H,13H2,1-2H3,(H,23,26)/b22-14-. The second-order valence-corrected chi connectivity index (χ2v) is 6.39. The first kappa shape index (κ1) is 19.0. The average molecular weight is 376 g/mol. The highest BCUT2D eigenvalue weighted by atomic mass is 16.6. The van der Waals surface area contributed by atoms with Crippen LogP contribution in [0, 0.1) is 24.0 Å². The van der Waals surface area contributed by atoms with Gasteiger partial charge >= 0.3 is 0 Å². The molecule has 1 N–H and O–H groups in total. The molecule has 0 aliphatic rings. The first-order chi connectivity index (χ1) is 13.5. The highest BCUT2D eigenvalue weighted by Crippen LogP contribution is 2.19.